The van der Waals surface area contributed by atoms with Crippen molar-refractivity contribution >= 4 is 5.78 Å². The van der Waals surface area contributed by atoms with E-state index >= 15 is 0 Å². The number of rotatable bonds is 3. The average molecular weight is 221 g/mol. The van der Waals surface area contributed by atoms with Crippen molar-refractivity contribution in [2.75, 3.05) is 13.1 Å². The van der Waals surface area contributed by atoms with Crippen LogP contribution in [0.5, 0.6) is 0 Å². The number of Topliss-reactive ketones (excluding diaryl/α,β-unsaturated/α-hetero) is 1. The molecular formula is C13H16FNO. The average Bonchev–Trinajstić information content (AvgIpc) is 2.66. The monoisotopic (exact) mass is 221 g/mol. The lowest BCUT2D eigenvalue weighted by atomic mass is 10.0. The molecule has 86 valence electrons. The number of hydrogen-bond acceptors (Lipinski definition) is 2. The van der Waals surface area contributed by atoms with Gasteiger partial charge in [-0.3, -0.25) is 9.69 Å². The fourth-order valence-corrected chi connectivity index (χ4v) is 2.32. The third-order valence-corrected chi connectivity index (χ3v) is 3.03. The Morgan fingerprint density at radius 2 is 2.12 bits per heavy atom. The second-order valence-corrected chi connectivity index (χ2v) is 4.30. The van der Waals surface area contributed by atoms with Crippen LogP contribution >= 0.6 is 0 Å². The molecular weight excluding hydrogens is 205 g/mol. The van der Waals surface area contributed by atoms with Crippen molar-refractivity contribution in [3.63, 3.8) is 0 Å². The summed E-state index contributed by atoms with van der Waals surface area (Å²) in [5.41, 5.74) is 0.962. The Morgan fingerprint density at radius 3 is 2.62 bits per heavy atom. The van der Waals surface area contributed by atoms with Crippen LogP contribution in [0.4, 0.5) is 4.39 Å². The zero-order chi connectivity index (χ0) is 11.5. The van der Waals surface area contributed by atoms with E-state index in [1.807, 2.05) is 35.2 Å². The number of halogens is 1. The summed E-state index contributed by atoms with van der Waals surface area (Å²) < 4.78 is 13.2. The van der Waals surface area contributed by atoms with E-state index in [1.165, 1.54) is 0 Å². The van der Waals surface area contributed by atoms with Crippen molar-refractivity contribution in [2.45, 2.75) is 25.6 Å². The summed E-state index contributed by atoms with van der Waals surface area (Å²) in [5, 5.41) is 0. The van der Waals surface area contributed by atoms with Crippen LogP contribution in [0.25, 0.3) is 0 Å². The van der Waals surface area contributed by atoms with Gasteiger partial charge < -0.3 is 0 Å². The van der Waals surface area contributed by atoms with E-state index in [-0.39, 0.29) is 11.8 Å². The minimum absolute atomic E-state index is 0.0836. The Bertz CT molecular complexity index is 365. The molecule has 1 aliphatic heterocycles. The molecule has 2 nitrogen and oxygen atoms in total. The van der Waals surface area contributed by atoms with E-state index < -0.39 is 6.17 Å². The van der Waals surface area contributed by atoms with Crippen LogP contribution in [-0.4, -0.2) is 29.9 Å². The second kappa shape index (κ2) is 4.74. The minimum Gasteiger partial charge on any atom is -0.298 e. The molecule has 1 unspecified atom stereocenters. The molecule has 2 rings (SSSR count). The van der Waals surface area contributed by atoms with Gasteiger partial charge in [-0.1, -0.05) is 30.3 Å². The van der Waals surface area contributed by atoms with Gasteiger partial charge in [0.25, 0.3) is 0 Å². The van der Waals surface area contributed by atoms with E-state index in [4.69, 9.17) is 0 Å². The summed E-state index contributed by atoms with van der Waals surface area (Å²) in [7, 11) is 0. The molecule has 1 heterocycles. The highest BCUT2D eigenvalue weighted by molar-refractivity contribution is 5.82. The molecule has 0 spiro atoms. The van der Waals surface area contributed by atoms with Gasteiger partial charge in [0.05, 0.1) is 6.04 Å². The number of alkyl halides is 1. The van der Waals surface area contributed by atoms with Crippen LogP contribution in [0.15, 0.2) is 30.3 Å². The molecule has 0 N–H and O–H groups in total. The minimum atomic E-state index is -0.787. The lowest BCUT2D eigenvalue weighted by molar-refractivity contribution is -0.122. The predicted molar refractivity (Wildman–Crippen MR) is 61.0 cm³/mol. The van der Waals surface area contributed by atoms with Gasteiger partial charge in [0.2, 0.25) is 0 Å². The Labute approximate surface area is 95.1 Å². The summed E-state index contributed by atoms with van der Waals surface area (Å²) in [6.45, 7) is 2.61. The van der Waals surface area contributed by atoms with Gasteiger partial charge >= 0.3 is 0 Å². The SMILES string of the molecule is CC(=O)[C@@H](c1ccccc1)N1CCC(F)C1. The molecule has 0 aliphatic carbocycles. The largest absolute Gasteiger partial charge is 0.298 e. The Kier molecular flexibility index (Phi) is 3.34. The Morgan fingerprint density at radius 1 is 1.44 bits per heavy atom. The lowest BCUT2D eigenvalue weighted by Crippen LogP contribution is -2.31. The molecule has 1 aromatic carbocycles. The van der Waals surface area contributed by atoms with Crippen LogP contribution < -0.4 is 0 Å². The first-order chi connectivity index (χ1) is 7.68. The highest BCUT2D eigenvalue weighted by Gasteiger charge is 2.31. The lowest BCUT2D eigenvalue weighted by Gasteiger charge is -2.25. The zero-order valence-electron chi connectivity index (χ0n) is 9.40. The summed E-state index contributed by atoms with van der Waals surface area (Å²) in [6, 6.07) is 9.32. The maximum absolute atomic E-state index is 13.2. The number of carbonyl (C=O) groups excluding carboxylic acids is 1. The Hall–Kier alpha value is -1.22. The van der Waals surface area contributed by atoms with Crippen molar-refractivity contribution in [2.24, 2.45) is 0 Å². The molecule has 0 saturated carbocycles. The van der Waals surface area contributed by atoms with Gasteiger partial charge in [-0.2, -0.15) is 0 Å². The predicted octanol–water partition coefficient (Wildman–Crippen LogP) is 2.36. The van der Waals surface area contributed by atoms with Gasteiger partial charge in [-0.05, 0) is 18.9 Å². The summed E-state index contributed by atoms with van der Waals surface area (Å²) >= 11 is 0. The molecule has 1 aromatic rings. The quantitative estimate of drug-likeness (QED) is 0.781. The topological polar surface area (TPSA) is 20.3 Å². The number of ketones is 1. The van der Waals surface area contributed by atoms with Gasteiger partial charge in [0, 0.05) is 13.1 Å². The smallest absolute Gasteiger partial charge is 0.151 e. The van der Waals surface area contributed by atoms with E-state index in [0.29, 0.717) is 19.5 Å². The van der Waals surface area contributed by atoms with Crippen LogP contribution in [0.1, 0.15) is 24.9 Å². The Balaban J connectivity index is 2.21. The highest BCUT2D eigenvalue weighted by atomic mass is 19.1. The molecule has 2 atom stereocenters. The van der Waals surface area contributed by atoms with Gasteiger partial charge in [-0.25, -0.2) is 4.39 Å². The molecule has 1 fully saturated rings. The number of likely N-dealkylation sites (tertiary alicyclic amines) is 1. The molecule has 16 heavy (non-hydrogen) atoms. The molecule has 0 aromatic heterocycles. The van der Waals surface area contributed by atoms with E-state index in [2.05, 4.69) is 0 Å². The maximum Gasteiger partial charge on any atom is 0.151 e. The standard InChI is InChI=1S/C13H16FNO/c1-10(16)13(11-5-3-2-4-6-11)15-8-7-12(14)9-15/h2-6,12-13H,7-9H2,1H3/t12?,13-/m0/s1. The van der Waals surface area contributed by atoms with E-state index in [1.54, 1.807) is 6.92 Å². The fourth-order valence-electron chi connectivity index (χ4n) is 2.32. The first kappa shape index (κ1) is 11.3. The summed E-state index contributed by atoms with van der Waals surface area (Å²) in [5.74, 6) is 0.0836. The third kappa shape index (κ3) is 2.30. The van der Waals surface area contributed by atoms with Gasteiger partial charge in [-0.15, -0.1) is 0 Å². The van der Waals surface area contributed by atoms with Crippen LogP contribution in [0.3, 0.4) is 0 Å². The van der Waals surface area contributed by atoms with Crippen molar-refractivity contribution in [3.8, 4) is 0 Å². The molecule has 1 aliphatic rings. The van der Waals surface area contributed by atoms with E-state index in [0.717, 1.165) is 5.56 Å². The summed E-state index contributed by atoms with van der Waals surface area (Å²) in [4.78, 5) is 13.6. The van der Waals surface area contributed by atoms with Gasteiger partial charge in [0.15, 0.2) is 5.78 Å². The van der Waals surface area contributed by atoms with Crippen molar-refractivity contribution in [3.05, 3.63) is 35.9 Å². The second-order valence-electron chi connectivity index (χ2n) is 4.30. The van der Waals surface area contributed by atoms with Crippen LogP contribution in [-0.2, 0) is 4.79 Å². The normalized spacial score (nSPS) is 23.2. The molecule has 1 saturated heterocycles. The van der Waals surface area contributed by atoms with E-state index in [9.17, 15) is 9.18 Å². The van der Waals surface area contributed by atoms with Crippen molar-refractivity contribution < 1.29 is 9.18 Å². The number of benzene rings is 1. The molecule has 0 amide bonds. The molecule has 0 bridgehead atoms. The highest BCUT2D eigenvalue weighted by Crippen LogP contribution is 2.26. The zero-order valence-corrected chi connectivity index (χ0v) is 9.40. The van der Waals surface area contributed by atoms with Crippen molar-refractivity contribution in [1.29, 1.82) is 0 Å². The summed E-state index contributed by atoms with van der Waals surface area (Å²) in [6.07, 6.45) is -0.248. The van der Waals surface area contributed by atoms with Crippen LogP contribution in [0, 0.1) is 0 Å². The third-order valence-electron chi connectivity index (χ3n) is 3.03. The first-order valence-electron chi connectivity index (χ1n) is 5.62. The van der Waals surface area contributed by atoms with Crippen LogP contribution in [0.2, 0.25) is 0 Å². The first-order valence-corrected chi connectivity index (χ1v) is 5.62. The van der Waals surface area contributed by atoms with Crippen molar-refractivity contribution in [1.82, 2.24) is 4.90 Å². The maximum atomic E-state index is 13.2. The molecule has 3 heteroatoms. The molecule has 0 radical (unpaired) electrons. The number of hydrogen-bond donors (Lipinski definition) is 0. The van der Waals surface area contributed by atoms with Gasteiger partial charge in [0.1, 0.15) is 6.17 Å². The fraction of sp³-hybridized carbons (Fsp3) is 0.462. The number of carbonyl (C=O) groups is 1. The number of nitrogens with zero attached hydrogens (tertiary/aromatic N) is 1.